The minimum atomic E-state index is -0.368. The summed E-state index contributed by atoms with van der Waals surface area (Å²) in [6, 6.07) is 4.83. The number of methoxy groups -OCH3 is 1. The highest BCUT2D eigenvalue weighted by atomic mass is 19.1. The van der Waals surface area contributed by atoms with Crippen LogP contribution in [0.4, 0.5) is 4.39 Å². The predicted octanol–water partition coefficient (Wildman–Crippen LogP) is 2.02. The van der Waals surface area contributed by atoms with Crippen LogP contribution in [0.2, 0.25) is 0 Å². The summed E-state index contributed by atoms with van der Waals surface area (Å²) in [5.74, 6) is 5.37. The van der Waals surface area contributed by atoms with Gasteiger partial charge in [-0.2, -0.15) is 0 Å². The van der Waals surface area contributed by atoms with Crippen molar-refractivity contribution in [1.82, 2.24) is 5.43 Å². The number of hydrazine groups is 1. The zero-order valence-corrected chi connectivity index (χ0v) is 12.0. The van der Waals surface area contributed by atoms with Crippen LogP contribution in [0.5, 0.6) is 5.75 Å². The lowest BCUT2D eigenvalue weighted by molar-refractivity contribution is -0.0143. The molecule has 0 aliphatic rings. The fourth-order valence-electron chi connectivity index (χ4n) is 1.64. The monoisotopic (exact) mass is 270 g/mol. The van der Waals surface area contributed by atoms with Gasteiger partial charge in [0.25, 0.3) is 0 Å². The Balaban J connectivity index is 2.63. The van der Waals surface area contributed by atoms with E-state index in [1.54, 1.807) is 6.07 Å². The van der Waals surface area contributed by atoms with Gasteiger partial charge in [0, 0.05) is 6.04 Å². The van der Waals surface area contributed by atoms with Gasteiger partial charge in [0.1, 0.15) is 0 Å². The van der Waals surface area contributed by atoms with Crippen LogP contribution >= 0.6 is 0 Å². The Morgan fingerprint density at radius 1 is 1.37 bits per heavy atom. The molecule has 0 bridgehead atoms. The fourth-order valence-corrected chi connectivity index (χ4v) is 1.64. The van der Waals surface area contributed by atoms with Gasteiger partial charge in [0.05, 0.1) is 19.3 Å². The first kappa shape index (κ1) is 15.9. The van der Waals surface area contributed by atoms with Crippen molar-refractivity contribution in [3.63, 3.8) is 0 Å². The topological polar surface area (TPSA) is 56.5 Å². The van der Waals surface area contributed by atoms with Crippen LogP contribution in [0.1, 0.15) is 26.3 Å². The maximum absolute atomic E-state index is 13.6. The van der Waals surface area contributed by atoms with Crippen LogP contribution < -0.4 is 16.0 Å². The van der Waals surface area contributed by atoms with E-state index in [1.165, 1.54) is 13.2 Å². The molecule has 0 saturated carbocycles. The number of ether oxygens (including phenoxy) is 2. The Bertz CT molecular complexity index is 405. The quantitative estimate of drug-likeness (QED) is 0.613. The minimum Gasteiger partial charge on any atom is -0.494 e. The molecule has 1 rings (SSSR count). The Morgan fingerprint density at radius 3 is 2.53 bits per heavy atom. The van der Waals surface area contributed by atoms with E-state index in [9.17, 15) is 4.39 Å². The molecule has 108 valence electrons. The number of rotatable bonds is 6. The summed E-state index contributed by atoms with van der Waals surface area (Å²) in [5, 5.41) is 0. The first-order valence-corrected chi connectivity index (χ1v) is 6.28. The van der Waals surface area contributed by atoms with E-state index in [4.69, 9.17) is 15.3 Å². The molecule has 5 heteroatoms. The molecule has 1 aromatic rings. The Morgan fingerprint density at radius 2 is 2.05 bits per heavy atom. The van der Waals surface area contributed by atoms with Gasteiger partial charge in [-0.1, -0.05) is 6.07 Å². The molecule has 4 nitrogen and oxygen atoms in total. The van der Waals surface area contributed by atoms with E-state index in [0.717, 1.165) is 5.56 Å². The molecule has 0 aromatic heterocycles. The van der Waals surface area contributed by atoms with Crippen molar-refractivity contribution in [2.45, 2.75) is 38.8 Å². The third kappa shape index (κ3) is 5.55. The predicted molar refractivity (Wildman–Crippen MR) is 73.5 cm³/mol. The molecule has 0 spiro atoms. The Hall–Kier alpha value is -1.17. The summed E-state index contributed by atoms with van der Waals surface area (Å²) in [6.07, 6.45) is 0.591. The van der Waals surface area contributed by atoms with E-state index >= 15 is 0 Å². The number of hydrogen-bond acceptors (Lipinski definition) is 4. The molecule has 0 saturated heterocycles. The van der Waals surface area contributed by atoms with Crippen molar-refractivity contribution in [2.24, 2.45) is 5.84 Å². The van der Waals surface area contributed by atoms with Crippen molar-refractivity contribution >= 4 is 0 Å². The molecule has 3 N–H and O–H groups in total. The van der Waals surface area contributed by atoms with Crippen molar-refractivity contribution < 1.29 is 13.9 Å². The van der Waals surface area contributed by atoms with Crippen molar-refractivity contribution in [1.29, 1.82) is 0 Å². The summed E-state index contributed by atoms with van der Waals surface area (Å²) >= 11 is 0. The van der Waals surface area contributed by atoms with Gasteiger partial charge in [-0.15, -0.1) is 0 Å². The highest BCUT2D eigenvalue weighted by Gasteiger charge is 2.15. The molecule has 0 aliphatic heterocycles. The molecule has 19 heavy (non-hydrogen) atoms. The lowest BCUT2D eigenvalue weighted by Gasteiger charge is -2.24. The summed E-state index contributed by atoms with van der Waals surface area (Å²) in [7, 11) is 1.44. The highest BCUT2D eigenvalue weighted by molar-refractivity contribution is 5.29. The lowest BCUT2D eigenvalue weighted by atomic mass is 10.1. The molecule has 0 fully saturated rings. The Labute approximate surface area is 114 Å². The van der Waals surface area contributed by atoms with E-state index in [2.05, 4.69) is 5.43 Å². The maximum atomic E-state index is 13.6. The lowest BCUT2D eigenvalue weighted by Crippen LogP contribution is -2.42. The molecule has 0 aliphatic carbocycles. The molecule has 1 unspecified atom stereocenters. The first-order valence-electron chi connectivity index (χ1n) is 6.28. The number of nitrogens with two attached hydrogens (primary N) is 1. The minimum absolute atomic E-state index is 0.0629. The van der Waals surface area contributed by atoms with Crippen LogP contribution in [-0.4, -0.2) is 25.4 Å². The van der Waals surface area contributed by atoms with Crippen LogP contribution in [0, 0.1) is 5.82 Å². The van der Waals surface area contributed by atoms with Gasteiger partial charge in [0.2, 0.25) is 0 Å². The van der Waals surface area contributed by atoms with Crippen LogP contribution in [-0.2, 0) is 11.2 Å². The zero-order chi connectivity index (χ0) is 14.5. The summed E-state index contributed by atoms with van der Waals surface area (Å²) in [4.78, 5) is 0. The standard InChI is InChI=1S/C14H23FN2O2/c1-14(2,3)19-9-11(17-16)7-10-5-6-13(18-4)12(15)8-10/h5-6,8,11,17H,7,9,16H2,1-4H3. The second-order valence-corrected chi connectivity index (χ2v) is 5.46. The highest BCUT2D eigenvalue weighted by Crippen LogP contribution is 2.18. The average Bonchev–Trinajstić information content (AvgIpc) is 2.33. The number of hydrogen-bond donors (Lipinski definition) is 2. The molecule has 1 atom stereocenters. The molecule has 0 amide bonds. The number of halogens is 1. The number of benzene rings is 1. The van der Waals surface area contributed by atoms with Gasteiger partial charge < -0.3 is 9.47 Å². The average molecular weight is 270 g/mol. The second-order valence-electron chi connectivity index (χ2n) is 5.46. The molecule has 0 heterocycles. The third-order valence-electron chi connectivity index (χ3n) is 2.65. The van der Waals surface area contributed by atoms with E-state index < -0.39 is 0 Å². The van der Waals surface area contributed by atoms with Gasteiger partial charge in [0.15, 0.2) is 11.6 Å². The SMILES string of the molecule is COc1ccc(CC(COC(C)(C)C)NN)cc1F. The maximum Gasteiger partial charge on any atom is 0.165 e. The van der Waals surface area contributed by atoms with E-state index in [1.807, 2.05) is 26.8 Å². The van der Waals surface area contributed by atoms with Crippen molar-refractivity contribution in [3.05, 3.63) is 29.6 Å². The zero-order valence-electron chi connectivity index (χ0n) is 12.0. The largest absolute Gasteiger partial charge is 0.494 e. The Kier molecular flexibility index (Phi) is 5.72. The van der Waals surface area contributed by atoms with Gasteiger partial charge >= 0.3 is 0 Å². The smallest absolute Gasteiger partial charge is 0.165 e. The van der Waals surface area contributed by atoms with Crippen LogP contribution in [0.3, 0.4) is 0 Å². The molecule has 1 aromatic carbocycles. The van der Waals surface area contributed by atoms with Crippen molar-refractivity contribution in [3.8, 4) is 5.75 Å². The van der Waals surface area contributed by atoms with Gasteiger partial charge in [-0.25, -0.2) is 4.39 Å². The molecular formula is C14H23FN2O2. The fraction of sp³-hybridized carbons (Fsp3) is 0.571. The summed E-state index contributed by atoms with van der Waals surface area (Å²) < 4.78 is 24.1. The van der Waals surface area contributed by atoms with Crippen LogP contribution in [0.25, 0.3) is 0 Å². The van der Waals surface area contributed by atoms with Crippen LogP contribution in [0.15, 0.2) is 18.2 Å². The van der Waals surface area contributed by atoms with Gasteiger partial charge in [-0.05, 0) is 44.9 Å². The van der Waals surface area contributed by atoms with Crippen molar-refractivity contribution in [2.75, 3.05) is 13.7 Å². The molecule has 0 radical (unpaired) electrons. The summed E-state index contributed by atoms with van der Waals surface area (Å²) in [6.45, 7) is 6.41. The summed E-state index contributed by atoms with van der Waals surface area (Å²) in [5.41, 5.74) is 3.32. The van der Waals surface area contributed by atoms with E-state index in [-0.39, 0.29) is 23.2 Å². The first-order chi connectivity index (χ1) is 8.85. The third-order valence-corrected chi connectivity index (χ3v) is 2.65. The second kappa shape index (κ2) is 6.84. The van der Waals surface area contributed by atoms with Gasteiger partial charge in [-0.3, -0.25) is 11.3 Å². The van der Waals surface area contributed by atoms with E-state index in [0.29, 0.717) is 13.0 Å². The molecular weight excluding hydrogens is 247 g/mol. The normalized spacial score (nSPS) is 13.4. The number of nitrogens with one attached hydrogen (secondary N) is 1.